The predicted molar refractivity (Wildman–Crippen MR) is 145 cm³/mol. The maximum atomic E-state index is 6.11. The second kappa shape index (κ2) is 14.0. The van der Waals surface area contributed by atoms with Gasteiger partial charge >= 0.3 is 0 Å². The molecule has 3 aromatic carbocycles. The van der Waals surface area contributed by atoms with Crippen molar-refractivity contribution < 1.29 is 14.2 Å². The molecule has 0 aliphatic rings. The molecule has 0 aliphatic carbocycles. The molecule has 0 aliphatic heterocycles. The summed E-state index contributed by atoms with van der Waals surface area (Å²) in [4.78, 5) is 0. The van der Waals surface area contributed by atoms with Crippen molar-refractivity contribution in [2.24, 2.45) is 0 Å². The monoisotopic (exact) mass is 477 g/mol. The van der Waals surface area contributed by atoms with Gasteiger partial charge in [-0.25, -0.2) is 0 Å². The van der Waals surface area contributed by atoms with Crippen LogP contribution in [0.15, 0.2) is 72.8 Å². The zero-order valence-corrected chi connectivity index (χ0v) is 20.7. The molecule has 188 valence electrons. The predicted octanol–water partition coefficient (Wildman–Crippen LogP) is 6.81. The van der Waals surface area contributed by atoms with Crippen LogP contribution in [0.25, 0.3) is 0 Å². The highest BCUT2D eigenvalue weighted by molar-refractivity contribution is 5.44. The Kier molecular flexibility index (Phi) is 10.4. The standard InChI is InChI=1S/C29H39N3O3/c1-2-25(33-26-17-13-22(30)14-18-26)10-6-4-3-5-7-12-29(34-27-19-15-23(31)16-20-27)35-28-11-8-9-24(32)21-28/h8-9,11,13-21,25,29H,2-7,10,12,30-32H2,1H3. The molecule has 35 heavy (non-hydrogen) atoms. The third-order valence-corrected chi connectivity index (χ3v) is 5.88. The molecular formula is C29H39N3O3. The van der Waals surface area contributed by atoms with Crippen LogP contribution in [0.5, 0.6) is 17.2 Å². The van der Waals surface area contributed by atoms with E-state index in [2.05, 4.69) is 6.92 Å². The van der Waals surface area contributed by atoms with Gasteiger partial charge in [-0.3, -0.25) is 0 Å². The first-order chi connectivity index (χ1) is 17.0. The van der Waals surface area contributed by atoms with Crippen molar-refractivity contribution in [2.75, 3.05) is 17.2 Å². The van der Waals surface area contributed by atoms with Crippen LogP contribution in [0.3, 0.4) is 0 Å². The zero-order valence-electron chi connectivity index (χ0n) is 20.7. The minimum Gasteiger partial charge on any atom is -0.490 e. The first kappa shape index (κ1) is 26.1. The molecule has 2 atom stereocenters. The molecule has 6 N–H and O–H groups in total. The van der Waals surface area contributed by atoms with E-state index in [0.29, 0.717) is 17.1 Å². The van der Waals surface area contributed by atoms with E-state index in [0.717, 1.165) is 55.7 Å². The summed E-state index contributed by atoms with van der Waals surface area (Å²) in [7, 11) is 0. The third-order valence-electron chi connectivity index (χ3n) is 5.88. The normalized spacial score (nSPS) is 12.6. The summed E-state index contributed by atoms with van der Waals surface area (Å²) >= 11 is 0. The Morgan fingerprint density at radius 3 is 1.71 bits per heavy atom. The van der Waals surface area contributed by atoms with Crippen molar-refractivity contribution in [3.05, 3.63) is 72.8 Å². The molecule has 0 aromatic heterocycles. The van der Waals surface area contributed by atoms with Gasteiger partial charge in [-0.15, -0.1) is 0 Å². The highest BCUT2D eigenvalue weighted by atomic mass is 16.7. The smallest absolute Gasteiger partial charge is 0.241 e. The molecular weight excluding hydrogens is 438 g/mol. The summed E-state index contributed by atoms with van der Waals surface area (Å²) < 4.78 is 18.3. The highest BCUT2D eigenvalue weighted by Crippen LogP contribution is 2.23. The topological polar surface area (TPSA) is 106 Å². The molecule has 0 saturated heterocycles. The molecule has 0 amide bonds. The molecule has 6 nitrogen and oxygen atoms in total. The molecule has 0 spiro atoms. The maximum Gasteiger partial charge on any atom is 0.241 e. The van der Waals surface area contributed by atoms with E-state index in [-0.39, 0.29) is 6.10 Å². The number of rotatable bonds is 15. The SMILES string of the molecule is CCC(CCCCCCCC(Oc1ccc(N)cc1)Oc1cccc(N)c1)Oc1ccc(N)cc1. The number of benzene rings is 3. The summed E-state index contributed by atoms with van der Waals surface area (Å²) in [5.41, 5.74) is 19.6. The van der Waals surface area contributed by atoms with Crippen molar-refractivity contribution in [2.45, 2.75) is 70.7 Å². The Morgan fingerprint density at radius 1 is 0.571 bits per heavy atom. The van der Waals surface area contributed by atoms with Crippen molar-refractivity contribution in [3.8, 4) is 17.2 Å². The molecule has 3 aromatic rings. The average molecular weight is 478 g/mol. The summed E-state index contributed by atoms with van der Waals surface area (Å²) in [6.07, 6.45) is 8.33. The fraction of sp³-hybridized carbons (Fsp3) is 0.379. The number of hydrogen-bond acceptors (Lipinski definition) is 6. The second-order valence-electron chi connectivity index (χ2n) is 8.87. The van der Waals surface area contributed by atoms with Crippen molar-refractivity contribution in [1.29, 1.82) is 0 Å². The average Bonchev–Trinajstić information content (AvgIpc) is 2.85. The molecule has 0 heterocycles. The Balaban J connectivity index is 1.39. The quantitative estimate of drug-likeness (QED) is 0.126. The molecule has 0 radical (unpaired) electrons. The van der Waals surface area contributed by atoms with Crippen molar-refractivity contribution in [3.63, 3.8) is 0 Å². The lowest BCUT2D eigenvalue weighted by molar-refractivity contribution is -0.00240. The van der Waals surface area contributed by atoms with Gasteiger partial charge in [0, 0.05) is 29.5 Å². The van der Waals surface area contributed by atoms with Crippen molar-refractivity contribution in [1.82, 2.24) is 0 Å². The summed E-state index contributed by atoms with van der Waals surface area (Å²) in [5, 5.41) is 0. The van der Waals surface area contributed by atoms with Crippen LogP contribution >= 0.6 is 0 Å². The number of nitrogens with two attached hydrogens (primary N) is 3. The number of unbranched alkanes of at least 4 members (excludes halogenated alkanes) is 4. The van der Waals surface area contributed by atoms with Crippen LogP contribution in [0.4, 0.5) is 17.1 Å². The van der Waals surface area contributed by atoms with Gasteiger partial charge in [0.2, 0.25) is 6.29 Å². The van der Waals surface area contributed by atoms with Crippen LogP contribution < -0.4 is 31.4 Å². The Hall–Kier alpha value is -3.54. The first-order valence-electron chi connectivity index (χ1n) is 12.6. The largest absolute Gasteiger partial charge is 0.490 e. The first-order valence-corrected chi connectivity index (χ1v) is 12.6. The molecule has 0 bridgehead atoms. The molecule has 3 rings (SSSR count). The van der Waals surface area contributed by atoms with Gasteiger partial charge in [-0.2, -0.15) is 0 Å². The lowest BCUT2D eigenvalue weighted by Gasteiger charge is -2.21. The number of ether oxygens (including phenoxy) is 3. The summed E-state index contributed by atoms with van der Waals surface area (Å²) in [6, 6.07) is 22.4. The van der Waals surface area contributed by atoms with Crippen molar-refractivity contribution >= 4 is 17.1 Å². The summed E-state index contributed by atoms with van der Waals surface area (Å²) in [6.45, 7) is 2.17. The van der Waals surface area contributed by atoms with Gasteiger partial charge in [0.05, 0.1) is 6.10 Å². The van der Waals surface area contributed by atoms with E-state index in [1.54, 1.807) is 0 Å². The van der Waals surface area contributed by atoms with Gasteiger partial charge in [0.15, 0.2) is 0 Å². The molecule has 0 saturated carbocycles. The van der Waals surface area contributed by atoms with Gasteiger partial charge in [0.25, 0.3) is 0 Å². The van der Waals surface area contributed by atoms with Gasteiger partial charge in [-0.05, 0) is 86.3 Å². The number of nitrogen functional groups attached to an aromatic ring is 3. The highest BCUT2D eigenvalue weighted by Gasteiger charge is 2.13. The second-order valence-corrected chi connectivity index (χ2v) is 8.87. The van der Waals surface area contributed by atoms with Crippen LogP contribution in [-0.4, -0.2) is 12.4 Å². The lowest BCUT2D eigenvalue weighted by atomic mass is 10.1. The van der Waals surface area contributed by atoms with E-state index in [1.807, 2.05) is 72.8 Å². The van der Waals surface area contributed by atoms with Crippen LogP contribution in [0.2, 0.25) is 0 Å². The Labute approximate surface area is 209 Å². The molecule has 6 heteroatoms. The van der Waals surface area contributed by atoms with E-state index < -0.39 is 6.29 Å². The maximum absolute atomic E-state index is 6.11. The van der Waals surface area contributed by atoms with Crippen LogP contribution in [0.1, 0.15) is 58.3 Å². The third kappa shape index (κ3) is 9.69. The van der Waals surface area contributed by atoms with Gasteiger partial charge in [-0.1, -0.05) is 32.3 Å². The van der Waals surface area contributed by atoms with Crippen LogP contribution in [0, 0.1) is 0 Å². The minimum absolute atomic E-state index is 0.239. The van der Waals surface area contributed by atoms with E-state index in [9.17, 15) is 0 Å². The Bertz CT molecular complexity index is 993. The molecule has 2 unspecified atom stereocenters. The van der Waals surface area contributed by atoms with Gasteiger partial charge in [0.1, 0.15) is 17.2 Å². The van der Waals surface area contributed by atoms with Crippen LogP contribution in [-0.2, 0) is 0 Å². The number of anilines is 3. The van der Waals surface area contributed by atoms with E-state index >= 15 is 0 Å². The fourth-order valence-electron chi connectivity index (χ4n) is 3.88. The van der Waals surface area contributed by atoms with E-state index in [1.165, 1.54) is 12.8 Å². The summed E-state index contributed by atoms with van der Waals surface area (Å²) in [5.74, 6) is 2.33. The molecule has 0 fully saturated rings. The fourth-order valence-corrected chi connectivity index (χ4v) is 3.88. The van der Waals surface area contributed by atoms with Gasteiger partial charge < -0.3 is 31.4 Å². The lowest BCUT2D eigenvalue weighted by Crippen LogP contribution is -2.24. The van der Waals surface area contributed by atoms with E-state index in [4.69, 9.17) is 31.4 Å². The zero-order chi connectivity index (χ0) is 24.9. The number of hydrogen-bond donors (Lipinski definition) is 3. The minimum atomic E-state index is -0.391. The Morgan fingerprint density at radius 2 is 1.11 bits per heavy atom.